The minimum absolute atomic E-state index is 0.199. The first kappa shape index (κ1) is 21.6. The van der Waals surface area contributed by atoms with Gasteiger partial charge < -0.3 is 16.0 Å². The van der Waals surface area contributed by atoms with Gasteiger partial charge in [-0.25, -0.2) is 14.5 Å². The van der Waals surface area contributed by atoms with E-state index in [1.807, 2.05) is 26.1 Å². The zero-order valence-corrected chi connectivity index (χ0v) is 19.0. The molecule has 0 saturated heterocycles. The molecule has 166 valence electrons. The second-order valence-corrected chi connectivity index (χ2v) is 7.90. The minimum atomic E-state index is -0.368. The quantitative estimate of drug-likeness (QED) is 0.362. The Hall–Kier alpha value is -3.66. The molecule has 11 heteroatoms. The van der Waals surface area contributed by atoms with Crippen molar-refractivity contribution < 1.29 is 4.79 Å². The van der Waals surface area contributed by atoms with Gasteiger partial charge in [0, 0.05) is 42.8 Å². The Morgan fingerprint density at radius 3 is 2.69 bits per heavy atom. The van der Waals surface area contributed by atoms with Gasteiger partial charge in [0.05, 0.1) is 11.9 Å². The maximum atomic E-state index is 13.0. The minimum Gasteiger partial charge on any atom is -0.366 e. The highest BCUT2D eigenvalue weighted by molar-refractivity contribution is 6.29. The first-order valence-electron chi connectivity index (χ1n) is 10.2. The van der Waals surface area contributed by atoms with Crippen molar-refractivity contribution in [2.75, 3.05) is 16.0 Å². The highest BCUT2D eigenvalue weighted by atomic mass is 35.5. The van der Waals surface area contributed by atoms with E-state index < -0.39 is 0 Å². The van der Waals surface area contributed by atoms with Crippen LogP contribution in [0.2, 0.25) is 5.15 Å². The van der Waals surface area contributed by atoms with Crippen molar-refractivity contribution in [3.05, 3.63) is 53.2 Å². The number of hydrogen-bond donors (Lipinski definition) is 3. The van der Waals surface area contributed by atoms with Crippen molar-refractivity contribution in [2.45, 2.75) is 33.2 Å². The average Bonchev–Trinajstić information content (AvgIpc) is 3.31. The van der Waals surface area contributed by atoms with Gasteiger partial charge in [-0.2, -0.15) is 5.10 Å². The van der Waals surface area contributed by atoms with E-state index in [1.165, 1.54) is 16.9 Å². The molecule has 0 aliphatic heterocycles. The number of nitrogens with zero attached hydrogens (tertiary/aromatic N) is 6. The van der Waals surface area contributed by atoms with Crippen LogP contribution in [0.25, 0.3) is 5.65 Å². The van der Waals surface area contributed by atoms with Gasteiger partial charge in [0.25, 0.3) is 5.91 Å². The maximum Gasteiger partial charge on any atom is 0.276 e. The predicted octanol–water partition coefficient (Wildman–Crippen LogP) is 4.03. The molecule has 0 spiro atoms. The van der Waals surface area contributed by atoms with E-state index in [2.05, 4.69) is 50.0 Å². The lowest BCUT2D eigenvalue weighted by Crippen LogP contribution is -2.18. The van der Waals surface area contributed by atoms with E-state index in [0.717, 1.165) is 12.1 Å². The maximum absolute atomic E-state index is 13.0. The van der Waals surface area contributed by atoms with Gasteiger partial charge in [0.1, 0.15) is 11.0 Å². The largest absolute Gasteiger partial charge is 0.366 e. The third-order valence-electron chi connectivity index (χ3n) is 5.07. The number of halogens is 1. The summed E-state index contributed by atoms with van der Waals surface area (Å²) in [4.78, 5) is 21.3. The third kappa shape index (κ3) is 4.50. The van der Waals surface area contributed by atoms with Gasteiger partial charge in [-0.15, -0.1) is 5.10 Å². The number of rotatable bonds is 7. The number of amides is 1. The first-order chi connectivity index (χ1) is 15.3. The topological polar surface area (TPSA) is 114 Å². The van der Waals surface area contributed by atoms with Gasteiger partial charge in [0.15, 0.2) is 17.2 Å². The number of carbonyl (C=O) groups is 1. The van der Waals surface area contributed by atoms with Crippen molar-refractivity contribution in [3.8, 4) is 0 Å². The molecule has 3 N–H and O–H groups in total. The summed E-state index contributed by atoms with van der Waals surface area (Å²) >= 11 is 5.93. The molecule has 10 nitrogen and oxygen atoms in total. The second kappa shape index (κ2) is 8.83. The van der Waals surface area contributed by atoms with Crippen LogP contribution in [0, 0.1) is 6.92 Å². The Labute approximate surface area is 190 Å². The van der Waals surface area contributed by atoms with Crippen LogP contribution >= 0.6 is 11.6 Å². The van der Waals surface area contributed by atoms with E-state index >= 15 is 0 Å². The molecule has 0 fully saturated rings. The fraction of sp³-hybridized carbons (Fsp3) is 0.286. The van der Waals surface area contributed by atoms with Crippen LogP contribution in [0.3, 0.4) is 0 Å². The molecule has 0 bridgehead atoms. The van der Waals surface area contributed by atoms with Crippen LogP contribution in [0.4, 0.5) is 23.0 Å². The lowest BCUT2D eigenvalue weighted by atomic mass is 10.2. The molecule has 4 heterocycles. The van der Waals surface area contributed by atoms with Crippen molar-refractivity contribution in [1.29, 1.82) is 0 Å². The molecule has 0 radical (unpaired) electrons. The summed E-state index contributed by atoms with van der Waals surface area (Å²) in [6, 6.07) is 7.23. The second-order valence-electron chi connectivity index (χ2n) is 7.52. The molecule has 0 aliphatic carbocycles. The number of aryl methyl sites for hydroxylation is 2. The number of hydrogen-bond acceptors (Lipinski definition) is 7. The van der Waals surface area contributed by atoms with Crippen molar-refractivity contribution >= 4 is 46.2 Å². The van der Waals surface area contributed by atoms with Crippen LogP contribution in [0.1, 0.15) is 36.5 Å². The summed E-state index contributed by atoms with van der Waals surface area (Å²) in [5, 5.41) is 18.8. The number of carbonyl (C=O) groups excluding carboxylic acids is 1. The number of nitrogens with one attached hydrogen (secondary N) is 3. The summed E-state index contributed by atoms with van der Waals surface area (Å²) in [5.74, 6) is 0.918. The normalized spacial score (nSPS) is 12.0. The first-order valence-corrected chi connectivity index (χ1v) is 10.6. The fourth-order valence-corrected chi connectivity index (χ4v) is 3.25. The van der Waals surface area contributed by atoms with Gasteiger partial charge in [-0.3, -0.25) is 9.48 Å². The van der Waals surface area contributed by atoms with Gasteiger partial charge in [-0.05, 0) is 32.4 Å². The summed E-state index contributed by atoms with van der Waals surface area (Å²) in [7, 11) is 1.88. The molecule has 1 atom stereocenters. The van der Waals surface area contributed by atoms with E-state index in [0.29, 0.717) is 28.7 Å². The van der Waals surface area contributed by atoms with Crippen molar-refractivity contribution in [3.63, 3.8) is 0 Å². The summed E-state index contributed by atoms with van der Waals surface area (Å²) in [6.45, 7) is 6.12. The molecular formula is C21H24ClN9O. The Balaban J connectivity index is 1.74. The highest BCUT2D eigenvalue weighted by Crippen LogP contribution is 2.25. The number of anilines is 4. The summed E-state index contributed by atoms with van der Waals surface area (Å²) in [5.41, 5.74) is 2.99. The molecule has 0 saturated carbocycles. The van der Waals surface area contributed by atoms with Crippen LogP contribution in [0.15, 0.2) is 36.7 Å². The Bertz CT molecular complexity index is 1260. The smallest absolute Gasteiger partial charge is 0.276 e. The van der Waals surface area contributed by atoms with Crippen molar-refractivity contribution in [2.24, 2.45) is 7.05 Å². The zero-order chi connectivity index (χ0) is 22.8. The molecule has 1 amide bonds. The molecule has 4 aromatic heterocycles. The zero-order valence-electron chi connectivity index (χ0n) is 18.2. The molecule has 0 aromatic carbocycles. The molecular weight excluding hydrogens is 430 g/mol. The van der Waals surface area contributed by atoms with E-state index in [9.17, 15) is 4.79 Å². The van der Waals surface area contributed by atoms with Crippen LogP contribution < -0.4 is 16.0 Å². The number of imidazole rings is 1. The van der Waals surface area contributed by atoms with E-state index in [1.54, 1.807) is 16.8 Å². The SMILES string of the molecule is CC[C@H](C)Nc1cc(Nc2cc(C)n(C)n2)c2ncc(C(=O)Nc3ccnc(Cl)c3)n2n1. The lowest BCUT2D eigenvalue weighted by Gasteiger charge is -2.14. The van der Waals surface area contributed by atoms with Gasteiger partial charge in [-0.1, -0.05) is 18.5 Å². The van der Waals surface area contributed by atoms with Crippen LogP contribution in [-0.2, 0) is 7.05 Å². The molecule has 0 unspecified atom stereocenters. The molecule has 4 aromatic rings. The summed E-state index contributed by atoms with van der Waals surface area (Å²) < 4.78 is 3.30. The standard InChI is InChI=1S/C21H24ClN9O/c1-5-12(2)25-19-10-15(27-18-8-13(3)30(4)28-18)20-24-11-16(31(20)29-19)21(32)26-14-6-7-23-17(22)9-14/h6-12H,5H2,1-4H3,(H,25,29)(H,27,28)(H,23,26,32)/t12-/m0/s1. The van der Waals surface area contributed by atoms with Crippen LogP contribution in [-0.4, -0.2) is 41.3 Å². The van der Waals surface area contributed by atoms with E-state index in [-0.39, 0.29) is 22.8 Å². The number of pyridine rings is 1. The Kier molecular flexibility index (Phi) is 5.95. The average molecular weight is 454 g/mol. The summed E-state index contributed by atoms with van der Waals surface area (Å²) in [6.07, 6.45) is 3.93. The predicted molar refractivity (Wildman–Crippen MR) is 125 cm³/mol. The monoisotopic (exact) mass is 453 g/mol. The van der Waals surface area contributed by atoms with Crippen molar-refractivity contribution in [1.82, 2.24) is 29.4 Å². The lowest BCUT2D eigenvalue weighted by molar-refractivity contribution is 0.102. The highest BCUT2D eigenvalue weighted by Gasteiger charge is 2.18. The van der Waals surface area contributed by atoms with Crippen LogP contribution in [0.5, 0.6) is 0 Å². The fourth-order valence-electron chi connectivity index (χ4n) is 3.08. The molecule has 0 aliphatic rings. The third-order valence-corrected chi connectivity index (χ3v) is 5.27. The number of aromatic nitrogens is 6. The van der Waals surface area contributed by atoms with E-state index in [4.69, 9.17) is 11.6 Å². The Morgan fingerprint density at radius 2 is 2.00 bits per heavy atom. The van der Waals surface area contributed by atoms with Gasteiger partial charge in [0.2, 0.25) is 0 Å². The van der Waals surface area contributed by atoms with Gasteiger partial charge >= 0.3 is 0 Å². The Morgan fingerprint density at radius 1 is 1.19 bits per heavy atom. The molecule has 32 heavy (non-hydrogen) atoms. The molecule has 4 rings (SSSR count). The number of fused-ring (bicyclic) bond motifs is 1.